The number of nitrogens with zero attached hydrogens (tertiary/aromatic N) is 2. The minimum absolute atomic E-state index is 0.128. The molecule has 0 fully saturated rings. The molecule has 17 heavy (non-hydrogen) atoms. The molecule has 0 spiro atoms. The zero-order valence-electron chi connectivity index (χ0n) is 9.50. The normalized spacial score (nSPS) is 17.8. The van der Waals surface area contributed by atoms with Gasteiger partial charge in [0.1, 0.15) is 5.75 Å². The van der Waals surface area contributed by atoms with Crippen molar-refractivity contribution in [3.63, 3.8) is 0 Å². The second-order valence-electron chi connectivity index (χ2n) is 4.00. The van der Waals surface area contributed by atoms with Gasteiger partial charge in [0, 0.05) is 13.1 Å². The molecule has 0 aromatic carbocycles. The molecule has 0 atom stereocenters. The van der Waals surface area contributed by atoms with E-state index >= 15 is 0 Å². The lowest BCUT2D eigenvalue weighted by atomic mass is 10.1. The van der Waals surface area contributed by atoms with Crippen molar-refractivity contribution >= 4 is 15.6 Å². The maximum atomic E-state index is 11.3. The van der Waals surface area contributed by atoms with Crippen molar-refractivity contribution in [1.82, 2.24) is 9.29 Å². The van der Waals surface area contributed by atoms with Crippen LogP contribution in [0.2, 0.25) is 0 Å². The van der Waals surface area contributed by atoms with E-state index in [4.69, 9.17) is 5.11 Å². The maximum absolute atomic E-state index is 11.3. The molecule has 1 aromatic heterocycles. The monoisotopic (exact) mass is 254 g/mol. The summed E-state index contributed by atoms with van der Waals surface area (Å²) < 4.78 is 24.1. The summed E-state index contributed by atoms with van der Waals surface area (Å²) in [6.07, 6.45) is 5.11. The summed E-state index contributed by atoms with van der Waals surface area (Å²) in [4.78, 5) is 4.10. The molecule has 2 heterocycles. The minimum atomic E-state index is -3.11. The highest BCUT2D eigenvalue weighted by atomic mass is 32.2. The predicted molar refractivity (Wildman–Crippen MR) is 64.9 cm³/mol. The summed E-state index contributed by atoms with van der Waals surface area (Å²) in [6, 6.07) is 3.31. The fraction of sp³-hybridized carbons (Fsp3) is 0.364. The zero-order valence-corrected chi connectivity index (χ0v) is 10.3. The molecule has 1 N–H and O–H groups in total. The van der Waals surface area contributed by atoms with Crippen molar-refractivity contribution in [2.24, 2.45) is 0 Å². The first kappa shape index (κ1) is 12.1. The van der Waals surface area contributed by atoms with Crippen LogP contribution in [-0.4, -0.2) is 42.2 Å². The van der Waals surface area contributed by atoms with Crippen LogP contribution in [0.4, 0.5) is 0 Å². The third-order valence-electron chi connectivity index (χ3n) is 2.72. The molecule has 0 amide bonds. The van der Waals surface area contributed by atoms with Gasteiger partial charge in [-0.05, 0) is 24.1 Å². The van der Waals surface area contributed by atoms with Crippen LogP contribution in [0.25, 0.3) is 5.57 Å². The average Bonchev–Trinajstić information content (AvgIpc) is 2.29. The number of sulfonamides is 1. The molecular formula is C11H14N2O3S. The SMILES string of the molecule is CS(=O)(=O)N1CC=C(c2ccc(O)cn2)CC1. The van der Waals surface area contributed by atoms with Gasteiger partial charge < -0.3 is 5.11 Å². The molecule has 1 aromatic rings. The minimum Gasteiger partial charge on any atom is -0.506 e. The van der Waals surface area contributed by atoms with Crippen LogP contribution >= 0.6 is 0 Å². The van der Waals surface area contributed by atoms with E-state index in [-0.39, 0.29) is 5.75 Å². The van der Waals surface area contributed by atoms with Crippen LogP contribution in [0.15, 0.2) is 24.4 Å². The van der Waals surface area contributed by atoms with Crippen molar-refractivity contribution in [3.05, 3.63) is 30.1 Å². The van der Waals surface area contributed by atoms with Gasteiger partial charge in [0.05, 0.1) is 18.1 Å². The first-order valence-electron chi connectivity index (χ1n) is 5.26. The summed E-state index contributed by atoms with van der Waals surface area (Å²) in [5.74, 6) is 0.128. The van der Waals surface area contributed by atoms with Crippen molar-refractivity contribution < 1.29 is 13.5 Å². The summed E-state index contributed by atoms with van der Waals surface area (Å²) in [5, 5.41) is 9.13. The lowest BCUT2D eigenvalue weighted by Gasteiger charge is -2.23. The number of pyridine rings is 1. The Kier molecular flexibility index (Phi) is 3.17. The van der Waals surface area contributed by atoms with E-state index in [1.807, 2.05) is 6.08 Å². The molecular weight excluding hydrogens is 240 g/mol. The van der Waals surface area contributed by atoms with Gasteiger partial charge in [-0.2, -0.15) is 4.31 Å². The molecule has 2 rings (SSSR count). The lowest BCUT2D eigenvalue weighted by Crippen LogP contribution is -2.33. The zero-order chi connectivity index (χ0) is 12.5. The van der Waals surface area contributed by atoms with Gasteiger partial charge >= 0.3 is 0 Å². The van der Waals surface area contributed by atoms with Crippen LogP contribution in [0.3, 0.4) is 0 Å². The summed E-state index contributed by atoms with van der Waals surface area (Å²) in [6.45, 7) is 0.865. The van der Waals surface area contributed by atoms with E-state index in [0.717, 1.165) is 11.3 Å². The quantitative estimate of drug-likeness (QED) is 0.849. The van der Waals surface area contributed by atoms with E-state index in [9.17, 15) is 8.42 Å². The van der Waals surface area contributed by atoms with Crippen molar-refractivity contribution in [1.29, 1.82) is 0 Å². The molecule has 0 aliphatic carbocycles. The second kappa shape index (κ2) is 4.46. The third kappa shape index (κ3) is 2.83. The molecule has 6 heteroatoms. The van der Waals surface area contributed by atoms with Gasteiger partial charge in [-0.15, -0.1) is 0 Å². The molecule has 0 unspecified atom stereocenters. The Balaban J connectivity index is 2.16. The molecule has 0 saturated heterocycles. The third-order valence-corrected chi connectivity index (χ3v) is 3.99. The van der Waals surface area contributed by atoms with Crippen LogP contribution in [0, 0.1) is 0 Å². The molecule has 0 radical (unpaired) electrons. The van der Waals surface area contributed by atoms with E-state index < -0.39 is 10.0 Å². The Morgan fingerprint density at radius 3 is 2.65 bits per heavy atom. The summed E-state index contributed by atoms with van der Waals surface area (Å²) in [5.41, 5.74) is 1.81. The average molecular weight is 254 g/mol. The van der Waals surface area contributed by atoms with Gasteiger partial charge in [-0.25, -0.2) is 8.42 Å². The van der Waals surface area contributed by atoms with Gasteiger partial charge in [0.15, 0.2) is 0 Å². The molecule has 0 saturated carbocycles. The fourth-order valence-electron chi connectivity index (χ4n) is 1.76. The highest BCUT2D eigenvalue weighted by Crippen LogP contribution is 2.22. The molecule has 5 nitrogen and oxygen atoms in total. The molecule has 1 aliphatic rings. The molecule has 0 bridgehead atoms. The highest BCUT2D eigenvalue weighted by molar-refractivity contribution is 7.88. The first-order chi connectivity index (χ1) is 7.97. The lowest BCUT2D eigenvalue weighted by molar-refractivity contribution is 0.445. The fourth-order valence-corrected chi connectivity index (χ4v) is 2.53. The van der Waals surface area contributed by atoms with Crippen molar-refractivity contribution in [2.75, 3.05) is 19.3 Å². The summed E-state index contributed by atoms with van der Waals surface area (Å²) >= 11 is 0. The van der Waals surface area contributed by atoms with E-state index in [0.29, 0.717) is 19.5 Å². The van der Waals surface area contributed by atoms with Crippen LogP contribution < -0.4 is 0 Å². The standard InChI is InChI=1S/C11H14N2O3S/c1-17(15,16)13-6-4-9(5-7-13)11-3-2-10(14)8-12-11/h2-4,8,14H,5-7H2,1H3. The van der Waals surface area contributed by atoms with Crippen LogP contribution in [0.5, 0.6) is 5.75 Å². The number of rotatable bonds is 2. The van der Waals surface area contributed by atoms with Crippen LogP contribution in [0.1, 0.15) is 12.1 Å². The Morgan fingerprint density at radius 2 is 2.18 bits per heavy atom. The molecule has 1 aliphatic heterocycles. The number of aromatic hydroxyl groups is 1. The van der Waals surface area contributed by atoms with Crippen molar-refractivity contribution in [2.45, 2.75) is 6.42 Å². The maximum Gasteiger partial charge on any atom is 0.211 e. The topological polar surface area (TPSA) is 70.5 Å². The Bertz CT molecular complexity index is 534. The number of hydrogen-bond acceptors (Lipinski definition) is 4. The smallest absolute Gasteiger partial charge is 0.211 e. The van der Waals surface area contributed by atoms with Gasteiger partial charge in [0.2, 0.25) is 10.0 Å². The number of hydrogen-bond donors (Lipinski definition) is 1. The summed E-state index contributed by atoms with van der Waals surface area (Å²) in [7, 11) is -3.11. The van der Waals surface area contributed by atoms with Crippen LogP contribution in [-0.2, 0) is 10.0 Å². The second-order valence-corrected chi connectivity index (χ2v) is 5.98. The first-order valence-corrected chi connectivity index (χ1v) is 7.11. The van der Waals surface area contributed by atoms with Gasteiger partial charge in [-0.3, -0.25) is 4.98 Å². The van der Waals surface area contributed by atoms with Gasteiger partial charge in [-0.1, -0.05) is 6.08 Å². The van der Waals surface area contributed by atoms with Gasteiger partial charge in [0.25, 0.3) is 0 Å². The Hall–Kier alpha value is -1.40. The number of aromatic nitrogens is 1. The Labute approximate surface area is 100 Å². The van der Waals surface area contributed by atoms with E-state index in [2.05, 4.69) is 4.98 Å². The van der Waals surface area contributed by atoms with E-state index in [1.54, 1.807) is 12.1 Å². The Morgan fingerprint density at radius 1 is 1.41 bits per heavy atom. The largest absolute Gasteiger partial charge is 0.506 e. The predicted octanol–water partition coefficient (Wildman–Crippen LogP) is 0.836. The molecule has 92 valence electrons. The van der Waals surface area contributed by atoms with E-state index in [1.165, 1.54) is 16.8 Å². The highest BCUT2D eigenvalue weighted by Gasteiger charge is 2.20. The van der Waals surface area contributed by atoms with Crippen molar-refractivity contribution in [3.8, 4) is 5.75 Å².